The van der Waals surface area contributed by atoms with E-state index in [2.05, 4.69) is 10.3 Å². The van der Waals surface area contributed by atoms with Gasteiger partial charge in [0.15, 0.2) is 0 Å². The first-order valence-corrected chi connectivity index (χ1v) is 11.4. The number of carboxylic acids is 1. The predicted octanol–water partition coefficient (Wildman–Crippen LogP) is 3.06. The third-order valence-electron chi connectivity index (χ3n) is 5.66. The zero-order valence-corrected chi connectivity index (χ0v) is 18.4. The first kappa shape index (κ1) is 24.6. The molecule has 33 heavy (non-hydrogen) atoms. The largest absolute Gasteiger partial charge is 0.490 e. The van der Waals surface area contributed by atoms with Gasteiger partial charge in [0, 0.05) is 25.2 Å². The van der Waals surface area contributed by atoms with Gasteiger partial charge in [0.1, 0.15) is 0 Å². The van der Waals surface area contributed by atoms with Crippen LogP contribution in [0.25, 0.3) is 0 Å². The average molecular weight is 485 g/mol. The molecule has 0 bridgehead atoms. The predicted molar refractivity (Wildman–Crippen MR) is 112 cm³/mol. The van der Waals surface area contributed by atoms with Crippen molar-refractivity contribution in [3.8, 4) is 0 Å². The summed E-state index contributed by atoms with van der Waals surface area (Å²) < 4.78 is 59.0. The number of carbonyl (C=O) groups is 2. The Morgan fingerprint density at radius 3 is 2.52 bits per heavy atom. The van der Waals surface area contributed by atoms with Gasteiger partial charge in [0.05, 0.1) is 16.8 Å². The maximum atomic E-state index is 12.9. The van der Waals surface area contributed by atoms with Crippen LogP contribution in [0.5, 0.6) is 0 Å². The summed E-state index contributed by atoms with van der Waals surface area (Å²) in [6.45, 7) is 2.76. The lowest BCUT2D eigenvalue weighted by molar-refractivity contribution is -0.192. The smallest absolute Gasteiger partial charge is 0.475 e. The Kier molecular flexibility index (Phi) is 6.80. The van der Waals surface area contributed by atoms with Gasteiger partial charge in [-0.25, -0.2) is 13.2 Å². The Labute approximate surface area is 188 Å². The van der Waals surface area contributed by atoms with Gasteiger partial charge in [0.25, 0.3) is 0 Å². The number of nitrogens with one attached hydrogen (secondary N) is 1. The van der Waals surface area contributed by atoms with E-state index in [0.29, 0.717) is 23.7 Å². The van der Waals surface area contributed by atoms with E-state index in [-0.39, 0.29) is 17.2 Å². The summed E-state index contributed by atoms with van der Waals surface area (Å²) in [6.07, 6.45) is -0.364. The van der Waals surface area contributed by atoms with Gasteiger partial charge < -0.3 is 10.4 Å². The number of aliphatic carboxylic acids is 1. The van der Waals surface area contributed by atoms with Crippen molar-refractivity contribution >= 4 is 27.6 Å². The van der Waals surface area contributed by atoms with Crippen LogP contribution in [0.4, 0.5) is 18.9 Å². The minimum absolute atomic E-state index is 0.0483. The molecule has 0 radical (unpaired) electrons. The number of nitrogens with zero attached hydrogens (tertiary/aromatic N) is 2. The number of benzene rings is 1. The number of hydrogen-bond acceptors (Lipinski definition) is 5. The number of alkyl halides is 3. The number of aromatic nitrogens is 1. The summed E-state index contributed by atoms with van der Waals surface area (Å²) >= 11 is 0. The lowest BCUT2D eigenvalue weighted by Gasteiger charge is -2.17. The van der Waals surface area contributed by atoms with Gasteiger partial charge in [-0.15, -0.1) is 0 Å². The minimum atomic E-state index is -5.08. The van der Waals surface area contributed by atoms with E-state index < -0.39 is 22.2 Å². The number of carbonyl (C=O) groups excluding carboxylic acids is 1. The monoisotopic (exact) mass is 485 g/mol. The number of amides is 1. The fourth-order valence-electron chi connectivity index (χ4n) is 3.82. The number of carboxylic acid groups (broad SMARTS) is 1. The summed E-state index contributed by atoms with van der Waals surface area (Å²) in [5.41, 5.74) is 1.37. The van der Waals surface area contributed by atoms with Crippen molar-refractivity contribution < 1.29 is 36.3 Å². The van der Waals surface area contributed by atoms with Crippen LogP contribution in [0.1, 0.15) is 18.4 Å². The van der Waals surface area contributed by atoms with Crippen LogP contribution >= 0.6 is 0 Å². The first-order chi connectivity index (χ1) is 15.3. The molecule has 2 heterocycles. The zero-order valence-electron chi connectivity index (χ0n) is 17.5. The van der Waals surface area contributed by atoms with E-state index in [0.717, 1.165) is 18.4 Å². The molecule has 2 fully saturated rings. The molecule has 2 unspecified atom stereocenters. The van der Waals surface area contributed by atoms with E-state index in [1.165, 1.54) is 4.31 Å². The summed E-state index contributed by atoms with van der Waals surface area (Å²) in [7, 11) is -3.51. The van der Waals surface area contributed by atoms with E-state index in [4.69, 9.17) is 9.90 Å². The number of pyridine rings is 1. The third-order valence-corrected chi connectivity index (χ3v) is 7.50. The number of hydrogen-bond donors (Lipinski definition) is 2. The topological polar surface area (TPSA) is 117 Å². The maximum Gasteiger partial charge on any atom is 0.490 e. The molecule has 2 aromatic rings. The molecule has 8 nitrogen and oxygen atoms in total. The van der Waals surface area contributed by atoms with Crippen molar-refractivity contribution in [3.05, 3.63) is 54.4 Å². The van der Waals surface area contributed by atoms with Crippen molar-refractivity contribution in [1.29, 1.82) is 0 Å². The Morgan fingerprint density at radius 1 is 1.24 bits per heavy atom. The molecule has 1 saturated heterocycles. The standard InChI is InChI=1S/C19H21N3O3S.C2HF3O2/c1-14-4-2-6-16(10-14)26(24,25)22-9-7-19(13-22)11-17(19)18(23)21-15-5-3-8-20-12-15;3-2(4,5)1(6)7/h2-6,8,10,12,17H,7,9,11,13H2,1H3,(H,21,23);(H,6,7). The van der Waals surface area contributed by atoms with Gasteiger partial charge in [-0.1, -0.05) is 12.1 Å². The van der Waals surface area contributed by atoms with Crippen LogP contribution in [0.15, 0.2) is 53.7 Å². The van der Waals surface area contributed by atoms with Crippen LogP contribution in [0.2, 0.25) is 0 Å². The van der Waals surface area contributed by atoms with Crippen molar-refractivity contribution in [2.45, 2.75) is 30.8 Å². The highest BCUT2D eigenvalue weighted by Crippen LogP contribution is 2.59. The molecule has 1 aliphatic heterocycles. The Balaban J connectivity index is 0.000000383. The SMILES string of the molecule is Cc1cccc(S(=O)(=O)N2CCC3(CC3C(=O)Nc3cccnc3)C2)c1.O=C(O)C(F)(F)F. The van der Waals surface area contributed by atoms with Gasteiger partial charge in [-0.3, -0.25) is 9.78 Å². The molecule has 1 spiro atoms. The molecule has 12 heteroatoms. The fraction of sp³-hybridized carbons (Fsp3) is 0.381. The quantitative estimate of drug-likeness (QED) is 0.688. The number of anilines is 1. The minimum Gasteiger partial charge on any atom is -0.475 e. The van der Waals surface area contributed by atoms with E-state index >= 15 is 0 Å². The van der Waals surface area contributed by atoms with Gasteiger partial charge in [-0.2, -0.15) is 17.5 Å². The Hall–Kier alpha value is -2.99. The molecule has 1 aromatic carbocycles. The number of aryl methyl sites for hydroxylation is 1. The van der Waals surface area contributed by atoms with Crippen molar-refractivity contribution in [1.82, 2.24) is 9.29 Å². The summed E-state index contributed by atoms with van der Waals surface area (Å²) in [5.74, 6) is -2.94. The van der Waals surface area contributed by atoms with Gasteiger partial charge in [-0.05, 0) is 55.0 Å². The van der Waals surface area contributed by atoms with E-state index in [1.54, 1.807) is 42.7 Å². The van der Waals surface area contributed by atoms with Crippen molar-refractivity contribution in [2.24, 2.45) is 11.3 Å². The van der Waals surface area contributed by atoms with Crippen LogP contribution in [0.3, 0.4) is 0 Å². The van der Waals surface area contributed by atoms with E-state index in [1.807, 2.05) is 13.0 Å². The van der Waals surface area contributed by atoms with Crippen molar-refractivity contribution in [2.75, 3.05) is 18.4 Å². The van der Waals surface area contributed by atoms with Crippen LogP contribution in [-0.2, 0) is 19.6 Å². The molecule has 1 aliphatic carbocycles. The number of halogens is 3. The average Bonchev–Trinajstić information content (AvgIpc) is 3.27. The molecule has 2 atom stereocenters. The molecule has 1 amide bonds. The van der Waals surface area contributed by atoms with Crippen LogP contribution < -0.4 is 5.32 Å². The first-order valence-electron chi connectivity index (χ1n) is 9.93. The molecular weight excluding hydrogens is 463 g/mol. The molecule has 1 saturated carbocycles. The molecule has 1 aromatic heterocycles. The highest BCUT2D eigenvalue weighted by Gasteiger charge is 2.62. The fourth-order valence-corrected chi connectivity index (χ4v) is 5.46. The molecular formula is C21H22F3N3O5S. The second kappa shape index (κ2) is 9.10. The summed E-state index contributed by atoms with van der Waals surface area (Å²) in [5, 5.41) is 10.0. The number of rotatable bonds is 4. The third kappa shape index (κ3) is 5.69. The maximum absolute atomic E-state index is 12.9. The van der Waals surface area contributed by atoms with Crippen LogP contribution in [0, 0.1) is 18.3 Å². The normalized spacial score (nSPS) is 22.4. The Morgan fingerprint density at radius 2 is 1.94 bits per heavy atom. The molecule has 4 rings (SSSR count). The van der Waals surface area contributed by atoms with Gasteiger partial charge in [0.2, 0.25) is 15.9 Å². The summed E-state index contributed by atoms with van der Waals surface area (Å²) in [6, 6.07) is 10.5. The van der Waals surface area contributed by atoms with Gasteiger partial charge >= 0.3 is 12.1 Å². The Bertz CT molecular complexity index is 1140. The summed E-state index contributed by atoms with van der Waals surface area (Å²) in [4.78, 5) is 25.7. The van der Waals surface area contributed by atoms with Crippen LogP contribution in [-0.4, -0.2) is 54.0 Å². The second-order valence-electron chi connectivity index (χ2n) is 8.06. The molecule has 2 N–H and O–H groups in total. The molecule has 2 aliphatic rings. The lowest BCUT2D eigenvalue weighted by Crippen LogP contribution is -2.30. The van der Waals surface area contributed by atoms with Crippen molar-refractivity contribution in [3.63, 3.8) is 0 Å². The highest BCUT2D eigenvalue weighted by atomic mass is 32.2. The highest BCUT2D eigenvalue weighted by molar-refractivity contribution is 7.89. The lowest BCUT2D eigenvalue weighted by atomic mass is 10.0. The second-order valence-corrected chi connectivity index (χ2v) is 10.00. The number of sulfonamides is 1. The zero-order chi connectivity index (χ0) is 24.4. The van der Waals surface area contributed by atoms with E-state index in [9.17, 15) is 26.4 Å². The molecule has 178 valence electrons.